The number of likely N-dealkylation sites (tertiary alicyclic amines) is 1. The van der Waals surface area contributed by atoms with E-state index in [1.807, 2.05) is 36.5 Å². The van der Waals surface area contributed by atoms with Crippen molar-refractivity contribution in [3.8, 4) is 5.69 Å². The number of rotatable bonds is 5. The molecule has 1 atom stereocenters. The van der Waals surface area contributed by atoms with E-state index in [1.165, 1.54) is 0 Å². The van der Waals surface area contributed by atoms with Gasteiger partial charge in [0.25, 0.3) is 0 Å². The number of halogens is 1. The molecule has 122 valence electrons. The van der Waals surface area contributed by atoms with E-state index in [0.717, 1.165) is 11.3 Å². The van der Waals surface area contributed by atoms with Gasteiger partial charge in [-0.15, -0.1) is 3.89 Å². The SMILES string of the molecule is O=C1CC(CS(=O)(=O)F)CN1Cc1ccc(-n2cccn2)cc1. The monoisotopic (exact) mass is 337 g/mol. The zero-order valence-electron chi connectivity index (χ0n) is 12.3. The molecule has 0 aliphatic carbocycles. The van der Waals surface area contributed by atoms with E-state index in [2.05, 4.69) is 5.10 Å². The summed E-state index contributed by atoms with van der Waals surface area (Å²) in [6, 6.07) is 9.40. The van der Waals surface area contributed by atoms with E-state index in [1.54, 1.807) is 15.8 Å². The Morgan fingerprint density at radius 3 is 2.61 bits per heavy atom. The minimum Gasteiger partial charge on any atom is -0.338 e. The van der Waals surface area contributed by atoms with Gasteiger partial charge in [0.15, 0.2) is 0 Å². The van der Waals surface area contributed by atoms with Crippen LogP contribution in [0, 0.1) is 5.92 Å². The van der Waals surface area contributed by atoms with E-state index in [4.69, 9.17) is 0 Å². The number of carbonyl (C=O) groups is 1. The van der Waals surface area contributed by atoms with Gasteiger partial charge in [-0.2, -0.15) is 13.5 Å². The Kier molecular flexibility index (Phi) is 4.16. The standard InChI is InChI=1S/C15H16FN3O3S/c16-23(21,22)11-13-8-15(20)18(10-13)9-12-2-4-14(5-3-12)19-7-1-6-17-19/h1-7,13H,8-11H2. The molecule has 1 aliphatic rings. The topological polar surface area (TPSA) is 72.3 Å². The van der Waals surface area contributed by atoms with Crippen molar-refractivity contribution < 1.29 is 17.1 Å². The molecule has 6 nitrogen and oxygen atoms in total. The average molecular weight is 337 g/mol. The van der Waals surface area contributed by atoms with Crippen molar-refractivity contribution in [3.05, 3.63) is 48.3 Å². The van der Waals surface area contributed by atoms with E-state index in [0.29, 0.717) is 6.54 Å². The van der Waals surface area contributed by atoms with Gasteiger partial charge in [0.1, 0.15) is 0 Å². The highest BCUT2D eigenvalue weighted by Crippen LogP contribution is 2.22. The van der Waals surface area contributed by atoms with Gasteiger partial charge in [-0.05, 0) is 23.8 Å². The fourth-order valence-corrected chi connectivity index (χ4v) is 3.58. The molecule has 8 heteroatoms. The first-order valence-electron chi connectivity index (χ1n) is 7.20. The smallest absolute Gasteiger partial charge is 0.302 e. The van der Waals surface area contributed by atoms with Gasteiger partial charge >= 0.3 is 10.2 Å². The number of carbonyl (C=O) groups excluding carboxylic acids is 1. The summed E-state index contributed by atoms with van der Waals surface area (Å²) in [7, 11) is -4.55. The first-order chi connectivity index (χ1) is 10.9. The second kappa shape index (κ2) is 6.11. The highest BCUT2D eigenvalue weighted by atomic mass is 32.3. The molecule has 0 saturated carbocycles. The van der Waals surface area contributed by atoms with Gasteiger partial charge in [-0.25, -0.2) is 4.68 Å². The Morgan fingerprint density at radius 1 is 1.26 bits per heavy atom. The van der Waals surface area contributed by atoms with Crippen LogP contribution in [0.5, 0.6) is 0 Å². The highest BCUT2D eigenvalue weighted by molar-refractivity contribution is 7.86. The normalized spacial score (nSPS) is 18.6. The minimum absolute atomic E-state index is 0.0779. The Balaban J connectivity index is 1.64. The van der Waals surface area contributed by atoms with Gasteiger partial charge in [0.2, 0.25) is 5.91 Å². The molecule has 3 rings (SSSR count). The number of hydrogen-bond donors (Lipinski definition) is 0. The second-order valence-corrected chi connectivity index (χ2v) is 7.08. The third-order valence-electron chi connectivity index (χ3n) is 3.81. The van der Waals surface area contributed by atoms with Gasteiger partial charge in [-0.1, -0.05) is 12.1 Å². The molecule has 0 spiro atoms. The molecule has 1 aliphatic heterocycles. The van der Waals surface area contributed by atoms with E-state index in [9.17, 15) is 17.1 Å². The van der Waals surface area contributed by atoms with Crippen LogP contribution in [0.1, 0.15) is 12.0 Å². The summed E-state index contributed by atoms with van der Waals surface area (Å²) in [5, 5.41) is 4.14. The van der Waals surface area contributed by atoms with Crippen LogP contribution in [0.3, 0.4) is 0 Å². The van der Waals surface area contributed by atoms with Crippen molar-refractivity contribution >= 4 is 16.1 Å². The van der Waals surface area contributed by atoms with Crippen molar-refractivity contribution in [1.82, 2.24) is 14.7 Å². The summed E-state index contributed by atoms with van der Waals surface area (Å²) < 4.78 is 35.9. The summed E-state index contributed by atoms with van der Waals surface area (Å²) in [5.74, 6) is -1.20. The van der Waals surface area contributed by atoms with Crippen molar-refractivity contribution in [3.63, 3.8) is 0 Å². The fraction of sp³-hybridized carbons (Fsp3) is 0.333. The number of aromatic nitrogens is 2. The lowest BCUT2D eigenvalue weighted by Gasteiger charge is -2.16. The molecule has 1 saturated heterocycles. The molecule has 1 unspecified atom stereocenters. The van der Waals surface area contributed by atoms with Crippen molar-refractivity contribution in [2.75, 3.05) is 12.3 Å². The zero-order valence-corrected chi connectivity index (χ0v) is 13.1. The summed E-state index contributed by atoms with van der Waals surface area (Å²) in [6.07, 6.45) is 3.60. The lowest BCUT2D eigenvalue weighted by atomic mass is 10.1. The van der Waals surface area contributed by atoms with Gasteiger partial charge < -0.3 is 4.90 Å². The molecule has 1 amide bonds. The molecule has 2 aromatic rings. The Morgan fingerprint density at radius 2 is 2.00 bits per heavy atom. The van der Waals surface area contributed by atoms with Crippen molar-refractivity contribution in [1.29, 1.82) is 0 Å². The van der Waals surface area contributed by atoms with Crippen LogP contribution in [0.15, 0.2) is 42.7 Å². The Labute approximate surface area is 133 Å². The number of benzene rings is 1. The van der Waals surface area contributed by atoms with Gasteiger partial charge in [0, 0.05) is 37.8 Å². The fourth-order valence-electron chi connectivity index (χ4n) is 2.80. The Hall–Kier alpha value is -2.22. The van der Waals surface area contributed by atoms with Crippen LogP contribution in [0.4, 0.5) is 3.89 Å². The lowest BCUT2D eigenvalue weighted by Crippen LogP contribution is -2.25. The molecule has 0 radical (unpaired) electrons. The minimum atomic E-state index is -4.55. The summed E-state index contributed by atoms with van der Waals surface area (Å²) >= 11 is 0. The lowest BCUT2D eigenvalue weighted by molar-refractivity contribution is -0.128. The number of hydrogen-bond acceptors (Lipinski definition) is 4. The summed E-state index contributed by atoms with van der Waals surface area (Å²) in [4.78, 5) is 13.5. The van der Waals surface area contributed by atoms with Gasteiger partial charge in [-0.3, -0.25) is 4.79 Å². The molecule has 23 heavy (non-hydrogen) atoms. The number of amides is 1. The van der Waals surface area contributed by atoms with E-state index >= 15 is 0 Å². The van der Waals surface area contributed by atoms with Crippen LogP contribution in [-0.2, 0) is 21.6 Å². The van der Waals surface area contributed by atoms with Gasteiger partial charge in [0.05, 0.1) is 11.4 Å². The molecular weight excluding hydrogens is 321 g/mol. The molecule has 1 aromatic heterocycles. The maximum absolute atomic E-state index is 12.7. The Bertz CT molecular complexity index is 788. The van der Waals surface area contributed by atoms with Crippen LogP contribution in [0.25, 0.3) is 5.69 Å². The predicted octanol–water partition coefficient (Wildman–Crippen LogP) is 1.52. The van der Waals surface area contributed by atoms with Crippen molar-refractivity contribution in [2.24, 2.45) is 5.92 Å². The van der Waals surface area contributed by atoms with Crippen LogP contribution in [0.2, 0.25) is 0 Å². The average Bonchev–Trinajstić information content (AvgIpc) is 3.09. The predicted molar refractivity (Wildman–Crippen MR) is 82.0 cm³/mol. The molecule has 0 N–H and O–H groups in total. The maximum atomic E-state index is 12.7. The number of nitrogens with zero attached hydrogens (tertiary/aromatic N) is 3. The summed E-state index contributed by atoms with van der Waals surface area (Å²) in [6.45, 7) is 0.657. The highest BCUT2D eigenvalue weighted by Gasteiger charge is 2.32. The molecular formula is C15H16FN3O3S. The third kappa shape index (κ3) is 3.95. The second-order valence-electron chi connectivity index (χ2n) is 5.67. The maximum Gasteiger partial charge on any atom is 0.302 e. The van der Waals surface area contributed by atoms with E-state index < -0.39 is 21.9 Å². The molecule has 2 heterocycles. The molecule has 0 bridgehead atoms. The quantitative estimate of drug-likeness (QED) is 0.776. The first-order valence-corrected chi connectivity index (χ1v) is 8.75. The van der Waals surface area contributed by atoms with Crippen LogP contribution < -0.4 is 0 Å². The molecule has 1 fully saturated rings. The zero-order chi connectivity index (χ0) is 16.4. The third-order valence-corrected chi connectivity index (χ3v) is 4.68. The van der Waals surface area contributed by atoms with Crippen molar-refractivity contribution in [2.45, 2.75) is 13.0 Å². The first kappa shape index (κ1) is 15.7. The van der Waals surface area contributed by atoms with E-state index in [-0.39, 0.29) is 18.9 Å². The summed E-state index contributed by atoms with van der Waals surface area (Å²) in [5.41, 5.74) is 1.84. The molecule has 1 aromatic carbocycles. The largest absolute Gasteiger partial charge is 0.338 e. The van der Waals surface area contributed by atoms with Crippen LogP contribution >= 0.6 is 0 Å². The van der Waals surface area contributed by atoms with Crippen LogP contribution in [-0.4, -0.2) is 41.3 Å².